The zero-order valence-corrected chi connectivity index (χ0v) is 15.3. The van der Waals surface area contributed by atoms with Crippen LogP contribution in [0.25, 0.3) is 11.0 Å². The maximum absolute atomic E-state index is 4.81. The normalized spacial score (nSPS) is 18.5. The summed E-state index contributed by atoms with van der Waals surface area (Å²) in [6.07, 6.45) is 5.64. The Morgan fingerprint density at radius 2 is 2.17 bits per heavy atom. The Hall–Kier alpha value is -2.01. The SMILES string of the molecule is Cn1cnnc1C1CCCN(c2ccc3ncnc([AsH2])c3n2)C1. The summed E-state index contributed by atoms with van der Waals surface area (Å²) in [6, 6.07) is 4.09. The van der Waals surface area contributed by atoms with Gasteiger partial charge < -0.3 is 0 Å². The van der Waals surface area contributed by atoms with Crippen LogP contribution in [0.1, 0.15) is 24.6 Å². The van der Waals surface area contributed by atoms with Crippen molar-refractivity contribution in [2.75, 3.05) is 18.0 Å². The minimum atomic E-state index is 0.395. The molecule has 0 radical (unpaired) electrons. The number of nitrogens with zero attached hydrogens (tertiary/aromatic N) is 7. The third-order valence-electron chi connectivity index (χ3n) is 4.35. The van der Waals surface area contributed by atoms with Crippen LogP contribution < -0.4 is 9.38 Å². The molecule has 4 heterocycles. The van der Waals surface area contributed by atoms with E-state index in [0.29, 0.717) is 5.92 Å². The summed E-state index contributed by atoms with van der Waals surface area (Å²) in [5.74, 6) is 2.45. The van der Waals surface area contributed by atoms with E-state index in [1.807, 2.05) is 17.7 Å². The molecule has 3 aromatic heterocycles. The van der Waals surface area contributed by atoms with Gasteiger partial charge in [0.25, 0.3) is 0 Å². The fourth-order valence-electron chi connectivity index (χ4n) is 3.18. The predicted molar refractivity (Wildman–Crippen MR) is 90.7 cm³/mol. The van der Waals surface area contributed by atoms with Crippen LogP contribution in [0, 0.1) is 0 Å². The number of piperidine rings is 1. The van der Waals surface area contributed by atoms with E-state index in [9.17, 15) is 0 Å². The van der Waals surface area contributed by atoms with Crippen LogP contribution in [-0.4, -0.2) is 59.7 Å². The Labute approximate surface area is 142 Å². The van der Waals surface area contributed by atoms with Gasteiger partial charge in [0.1, 0.15) is 0 Å². The van der Waals surface area contributed by atoms with Crippen molar-refractivity contribution in [2.45, 2.75) is 18.8 Å². The van der Waals surface area contributed by atoms with Gasteiger partial charge in [0, 0.05) is 0 Å². The minimum absolute atomic E-state index is 0.395. The van der Waals surface area contributed by atoms with E-state index >= 15 is 0 Å². The van der Waals surface area contributed by atoms with Gasteiger partial charge >= 0.3 is 142 Å². The summed E-state index contributed by atoms with van der Waals surface area (Å²) >= 11 is 1.48. The van der Waals surface area contributed by atoms with E-state index in [4.69, 9.17) is 4.98 Å². The molecule has 0 aromatic carbocycles. The molecule has 1 aliphatic heterocycles. The Kier molecular flexibility index (Phi) is 3.73. The number of pyridine rings is 1. The molecule has 8 heteroatoms. The number of aromatic nitrogens is 6. The number of fused-ring (bicyclic) bond motifs is 1. The number of anilines is 1. The molecule has 2 atom stereocenters. The first-order chi connectivity index (χ1) is 11.2. The number of hydrogen-bond donors (Lipinski definition) is 0. The maximum atomic E-state index is 4.81. The van der Waals surface area contributed by atoms with E-state index < -0.39 is 0 Å². The molecule has 1 saturated heterocycles. The summed E-state index contributed by atoms with van der Waals surface area (Å²) in [7, 11) is 2.01. The van der Waals surface area contributed by atoms with Crippen LogP contribution in [0.3, 0.4) is 0 Å². The number of aryl methyl sites for hydroxylation is 1. The van der Waals surface area contributed by atoms with Crippen molar-refractivity contribution >= 4 is 38.2 Å². The molecule has 7 nitrogen and oxygen atoms in total. The van der Waals surface area contributed by atoms with Gasteiger partial charge in [-0.25, -0.2) is 0 Å². The zero-order chi connectivity index (χ0) is 15.8. The summed E-state index contributed by atoms with van der Waals surface area (Å²) in [5, 5.41) is 8.29. The van der Waals surface area contributed by atoms with E-state index in [0.717, 1.165) is 53.1 Å². The molecule has 0 bridgehead atoms. The summed E-state index contributed by atoms with van der Waals surface area (Å²) in [6.45, 7) is 1.94. The topological polar surface area (TPSA) is 72.6 Å². The Morgan fingerprint density at radius 1 is 1.26 bits per heavy atom. The molecule has 0 N–H and O–H groups in total. The van der Waals surface area contributed by atoms with Gasteiger partial charge in [-0.15, -0.1) is 0 Å². The van der Waals surface area contributed by atoms with Crippen LogP contribution in [-0.2, 0) is 7.05 Å². The van der Waals surface area contributed by atoms with Crippen LogP contribution >= 0.6 is 0 Å². The molecule has 1 aliphatic rings. The Bertz CT molecular complexity index is 847. The molecule has 0 saturated carbocycles. The average molecular weight is 371 g/mol. The standard InChI is InChI=1S/C15H18AsN7/c1-22-9-19-21-15(22)10-3-2-6-23(7-10)12-5-4-11-13(20-12)14(16)18-8-17-11/h4-5,8-10H,2-3,6-7,16H2,1H3. The second kappa shape index (κ2) is 5.89. The van der Waals surface area contributed by atoms with Crippen LogP contribution in [0.5, 0.6) is 0 Å². The molecule has 1 fully saturated rings. The van der Waals surface area contributed by atoms with Gasteiger partial charge in [0.05, 0.1) is 0 Å². The van der Waals surface area contributed by atoms with Crippen molar-refractivity contribution in [3.8, 4) is 0 Å². The molecule has 3 aromatic rings. The molecule has 118 valence electrons. The van der Waals surface area contributed by atoms with Crippen LogP contribution in [0.4, 0.5) is 5.82 Å². The number of hydrogen-bond acceptors (Lipinski definition) is 6. The first-order valence-corrected chi connectivity index (χ1v) is 8.89. The third kappa shape index (κ3) is 2.70. The molecular formula is C15H18AsN7. The van der Waals surface area contributed by atoms with Gasteiger partial charge in [0.2, 0.25) is 0 Å². The first kappa shape index (κ1) is 14.6. The zero-order valence-electron chi connectivity index (χ0n) is 12.9. The van der Waals surface area contributed by atoms with E-state index in [1.165, 1.54) is 16.9 Å². The predicted octanol–water partition coefficient (Wildman–Crippen LogP) is -0.204. The van der Waals surface area contributed by atoms with E-state index in [-0.39, 0.29) is 0 Å². The number of rotatable bonds is 2. The van der Waals surface area contributed by atoms with Crippen molar-refractivity contribution in [2.24, 2.45) is 7.05 Å². The second-order valence-corrected chi connectivity index (χ2v) is 7.03. The first-order valence-electron chi connectivity index (χ1n) is 7.68. The average Bonchev–Trinajstić information content (AvgIpc) is 3.01. The quantitative estimate of drug-likeness (QED) is 0.581. The van der Waals surface area contributed by atoms with Crippen molar-refractivity contribution in [3.63, 3.8) is 0 Å². The van der Waals surface area contributed by atoms with Crippen LogP contribution in [0.15, 0.2) is 24.8 Å². The van der Waals surface area contributed by atoms with Crippen LogP contribution in [0.2, 0.25) is 0 Å². The molecule has 2 unspecified atom stereocenters. The van der Waals surface area contributed by atoms with Crippen molar-refractivity contribution in [1.29, 1.82) is 0 Å². The van der Waals surface area contributed by atoms with Gasteiger partial charge in [-0.3, -0.25) is 0 Å². The summed E-state index contributed by atoms with van der Waals surface area (Å²) in [4.78, 5) is 15.7. The Balaban J connectivity index is 1.65. The molecule has 4 rings (SSSR count). The van der Waals surface area contributed by atoms with E-state index in [1.54, 1.807) is 12.7 Å². The van der Waals surface area contributed by atoms with E-state index in [2.05, 4.69) is 31.1 Å². The molecule has 0 amide bonds. The molecule has 0 spiro atoms. The van der Waals surface area contributed by atoms with Crippen molar-refractivity contribution in [3.05, 3.63) is 30.6 Å². The summed E-state index contributed by atoms with van der Waals surface area (Å²) < 4.78 is 2.99. The third-order valence-corrected chi connectivity index (χ3v) is 5.24. The molecular weight excluding hydrogens is 353 g/mol. The molecule has 23 heavy (non-hydrogen) atoms. The van der Waals surface area contributed by atoms with Gasteiger partial charge in [-0.2, -0.15) is 0 Å². The Morgan fingerprint density at radius 3 is 3.00 bits per heavy atom. The summed E-state index contributed by atoms with van der Waals surface area (Å²) in [5.41, 5.74) is 1.82. The second-order valence-electron chi connectivity index (χ2n) is 5.88. The molecule has 0 aliphatic carbocycles. The van der Waals surface area contributed by atoms with Crippen molar-refractivity contribution in [1.82, 2.24) is 29.7 Å². The fourth-order valence-corrected chi connectivity index (χ4v) is 3.77. The van der Waals surface area contributed by atoms with Gasteiger partial charge in [-0.05, 0) is 0 Å². The van der Waals surface area contributed by atoms with Gasteiger partial charge in [-0.1, -0.05) is 0 Å². The van der Waals surface area contributed by atoms with Gasteiger partial charge in [0.15, 0.2) is 0 Å². The fraction of sp³-hybridized carbons (Fsp3) is 0.400. The monoisotopic (exact) mass is 371 g/mol. The van der Waals surface area contributed by atoms with Crippen molar-refractivity contribution < 1.29 is 0 Å².